The highest BCUT2D eigenvalue weighted by Gasteiger charge is 2.33. The van der Waals surface area contributed by atoms with Crippen LogP contribution in [0.4, 0.5) is 11.4 Å². The third-order valence-corrected chi connectivity index (χ3v) is 4.76. The summed E-state index contributed by atoms with van der Waals surface area (Å²) in [6.45, 7) is 8.20. The maximum Gasteiger partial charge on any atom is 0.246 e. The molecule has 1 aliphatic heterocycles. The van der Waals surface area contributed by atoms with Gasteiger partial charge in [0.1, 0.15) is 12.2 Å². The summed E-state index contributed by atoms with van der Waals surface area (Å²) in [6.07, 6.45) is -0.271. The molecular formula is C19H25N5O. The fourth-order valence-electron chi connectivity index (χ4n) is 2.81. The first-order chi connectivity index (χ1) is 12.0. The Kier molecular flexibility index (Phi) is 5.03. The zero-order chi connectivity index (χ0) is 18.0. The van der Waals surface area contributed by atoms with Crippen LogP contribution in [-0.4, -0.2) is 18.1 Å². The third kappa shape index (κ3) is 3.82. The molecule has 1 aliphatic rings. The van der Waals surface area contributed by atoms with E-state index in [1.54, 1.807) is 0 Å². The summed E-state index contributed by atoms with van der Waals surface area (Å²) >= 11 is 0. The second kappa shape index (κ2) is 7.23. The van der Waals surface area contributed by atoms with Gasteiger partial charge in [-0.05, 0) is 68.1 Å². The quantitative estimate of drug-likeness (QED) is 0.591. The molecule has 5 N–H and O–H groups in total. The van der Waals surface area contributed by atoms with Gasteiger partial charge in [0.05, 0.1) is 0 Å². The van der Waals surface area contributed by atoms with Gasteiger partial charge in [0, 0.05) is 11.4 Å². The van der Waals surface area contributed by atoms with Crippen LogP contribution in [0.25, 0.3) is 0 Å². The number of amides is 1. The Balaban J connectivity index is 1.71. The van der Waals surface area contributed by atoms with E-state index in [0.717, 1.165) is 22.5 Å². The van der Waals surface area contributed by atoms with Crippen LogP contribution < -0.4 is 27.0 Å². The molecule has 1 amide bonds. The average molecular weight is 339 g/mol. The molecule has 2 aromatic rings. The molecule has 0 aliphatic carbocycles. The van der Waals surface area contributed by atoms with E-state index in [4.69, 9.17) is 0 Å². The van der Waals surface area contributed by atoms with Gasteiger partial charge < -0.3 is 10.6 Å². The Morgan fingerprint density at radius 1 is 0.960 bits per heavy atom. The largest absolute Gasteiger partial charge is 0.367 e. The number of rotatable bonds is 4. The van der Waals surface area contributed by atoms with Crippen molar-refractivity contribution in [2.24, 2.45) is 0 Å². The Labute approximate surface area is 148 Å². The molecule has 6 heteroatoms. The number of anilines is 2. The zero-order valence-electron chi connectivity index (χ0n) is 15.0. The SMILES string of the molecule is Cc1ccc(NC2NNNC2C(=O)Nc2cccc(C)c2C)cc1C. The lowest BCUT2D eigenvalue weighted by atomic mass is 10.1. The van der Waals surface area contributed by atoms with E-state index in [2.05, 4.69) is 53.0 Å². The topological polar surface area (TPSA) is 77.2 Å². The fourth-order valence-corrected chi connectivity index (χ4v) is 2.81. The van der Waals surface area contributed by atoms with Crippen molar-refractivity contribution in [3.05, 3.63) is 58.7 Å². The Morgan fingerprint density at radius 3 is 2.52 bits per heavy atom. The molecule has 0 spiro atoms. The first-order valence-corrected chi connectivity index (χ1v) is 8.42. The number of aryl methyl sites for hydroxylation is 3. The molecule has 132 valence electrons. The molecule has 0 aromatic heterocycles. The minimum Gasteiger partial charge on any atom is -0.367 e. The molecule has 0 saturated carbocycles. The van der Waals surface area contributed by atoms with E-state index in [9.17, 15) is 4.79 Å². The first kappa shape index (κ1) is 17.4. The van der Waals surface area contributed by atoms with Crippen molar-refractivity contribution in [1.29, 1.82) is 0 Å². The molecular weight excluding hydrogens is 314 g/mol. The molecule has 1 heterocycles. The van der Waals surface area contributed by atoms with Gasteiger partial charge in [0.15, 0.2) is 0 Å². The smallest absolute Gasteiger partial charge is 0.246 e. The van der Waals surface area contributed by atoms with E-state index in [0.29, 0.717) is 0 Å². The minimum atomic E-state index is -0.457. The fraction of sp³-hybridized carbons (Fsp3) is 0.316. The molecule has 6 nitrogen and oxygen atoms in total. The molecule has 1 saturated heterocycles. The van der Waals surface area contributed by atoms with Crippen LogP contribution in [0.2, 0.25) is 0 Å². The molecule has 1 fully saturated rings. The maximum atomic E-state index is 12.7. The molecule has 2 aromatic carbocycles. The number of carbonyl (C=O) groups is 1. The number of nitrogens with one attached hydrogen (secondary N) is 5. The zero-order valence-corrected chi connectivity index (χ0v) is 15.0. The molecule has 0 radical (unpaired) electrons. The summed E-state index contributed by atoms with van der Waals surface area (Å²) in [6, 6.07) is 11.6. The molecule has 3 rings (SSSR count). The highest BCUT2D eigenvalue weighted by Crippen LogP contribution is 2.19. The highest BCUT2D eigenvalue weighted by molar-refractivity contribution is 5.96. The lowest BCUT2D eigenvalue weighted by Crippen LogP contribution is -2.48. The second-order valence-electron chi connectivity index (χ2n) is 6.55. The van der Waals surface area contributed by atoms with Crippen molar-refractivity contribution in [3.8, 4) is 0 Å². The van der Waals surface area contributed by atoms with Crippen molar-refractivity contribution in [3.63, 3.8) is 0 Å². The minimum absolute atomic E-state index is 0.104. The Hall–Kier alpha value is -2.41. The summed E-state index contributed by atoms with van der Waals surface area (Å²) < 4.78 is 0. The van der Waals surface area contributed by atoms with Gasteiger partial charge in [0.2, 0.25) is 5.91 Å². The number of hydrazine groups is 2. The van der Waals surface area contributed by atoms with E-state index in [1.165, 1.54) is 11.1 Å². The van der Waals surface area contributed by atoms with Gasteiger partial charge in [-0.2, -0.15) is 5.53 Å². The van der Waals surface area contributed by atoms with Crippen LogP contribution >= 0.6 is 0 Å². The lowest BCUT2D eigenvalue weighted by Gasteiger charge is -2.21. The average Bonchev–Trinajstić information content (AvgIpc) is 3.03. The first-order valence-electron chi connectivity index (χ1n) is 8.42. The van der Waals surface area contributed by atoms with Crippen LogP contribution in [0.15, 0.2) is 36.4 Å². The van der Waals surface area contributed by atoms with Crippen molar-refractivity contribution >= 4 is 17.3 Å². The van der Waals surface area contributed by atoms with Crippen molar-refractivity contribution in [2.45, 2.75) is 39.9 Å². The van der Waals surface area contributed by atoms with Crippen molar-refractivity contribution < 1.29 is 4.79 Å². The van der Waals surface area contributed by atoms with Crippen LogP contribution in [0.1, 0.15) is 22.3 Å². The third-order valence-electron chi connectivity index (χ3n) is 4.76. The number of carbonyl (C=O) groups excluding carboxylic acids is 1. The lowest BCUT2D eigenvalue weighted by molar-refractivity contribution is -0.118. The Bertz CT molecular complexity index is 789. The molecule has 25 heavy (non-hydrogen) atoms. The van der Waals surface area contributed by atoms with Crippen LogP contribution in [0.3, 0.4) is 0 Å². The van der Waals surface area contributed by atoms with Gasteiger partial charge in [-0.25, -0.2) is 10.9 Å². The summed E-state index contributed by atoms with van der Waals surface area (Å²) in [7, 11) is 0. The summed E-state index contributed by atoms with van der Waals surface area (Å²) in [4.78, 5) is 12.7. The molecule has 0 bridgehead atoms. The number of benzene rings is 2. The Morgan fingerprint density at radius 2 is 1.76 bits per heavy atom. The predicted octanol–water partition coefficient (Wildman–Crippen LogP) is 2.28. The van der Waals surface area contributed by atoms with Crippen LogP contribution in [0.5, 0.6) is 0 Å². The molecule has 2 unspecified atom stereocenters. The standard InChI is InChI=1S/C19H25N5O/c1-11-8-9-15(10-13(11)3)20-18-17(22-24-23-18)19(25)21-16-7-5-6-12(2)14(16)4/h5-10,17-18,20,22-24H,1-4H3,(H,21,25). The number of hydrogen-bond donors (Lipinski definition) is 5. The van der Waals surface area contributed by atoms with Crippen molar-refractivity contribution in [1.82, 2.24) is 16.4 Å². The maximum absolute atomic E-state index is 12.7. The van der Waals surface area contributed by atoms with Gasteiger partial charge in [-0.1, -0.05) is 18.2 Å². The van der Waals surface area contributed by atoms with E-state index in [1.807, 2.05) is 38.1 Å². The monoisotopic (exact) mass is 339 g/mol. The van der Waals surface area contributed by atoms with Crippen LogP contribution in [-0.2, 0) is 4.79 Å². The van der Waals surface area contributed by atoms with Crippen molar-refractivity contribution in [2.75, 3.05) is 10.6 Å². The van der Waals surface area contributed by atoms with Gasteiger partial charge in [-0.3, -0.25) is 4.79 Å². The predicted molar refractivity (Wildman–Crippen MR) is 101 cm³/mol. The van der Waals surface area contributed by atoms with Gasteiger partial charge >= 0.3 is 0 Å². The summed E-state index contributed by atoms with van der Waals surface area (Å²) in [5, 5.41) is 6.36. The number of hydrogen-bond acceptors (Lipinski definition) is 5. The summed E-state index contributed by atoms with van der Waals surface area (Å²) in [5.41, 5.74) is 15.3. The molecule has 2 atom stereocenters. The van der Waals surface area contributed by atoms with Gasteiger partial charge in [-0.15, -0.1) is 0 Å². The van der Waals surface area contributed by atoms with E-state index < -0.39 is 6.04 Å². The van der Waals surface area contributed by atoms with E-state index in [-0.39, 0.29) is 12.1 Å². The second-order valence-corrected chi connectivity index (χ2v) is 6.55. The highest BCUT2D eigenvalue weighted by atomic mass is 16.2. The van der Waals surface area contributed by atoms with Crippen LogP contribution in [0, 0.1) is 27.7 Å². The van der Waals surface area contributed by atoms with Gasteiger partial charge in [0.25, 0.3) is 0 Å². The summed E-state index contributed by atoms with van der Waals surface area (Å²) in [5.74, 6) is -0.104. The normalized spacial score (nSPS) is 19.7. The van der Waals surface area contributed by atoms with E-state index >= 15 is 0 Å².